The molecule has 1 fully saturated rings. The van der Waals surface area contributed by atoms with Crippen molar-refractivity contribution in [1.82, 2.24) is 10.2 Å². The van der Waals surface area contributed by atoms with Crippen molar-refractivity contribution in [1.29, 1.82) is 0 Å². The van der Waals surface area contributed by atoms with E-state index in [2.05, 4.69) is 5.32 Å². The van der Waals surface area contributed by atoms with Gasteiger partial charge in [-0.1, -0.05) is 0 Å². The van der Waals surface area contributed by atoms with E-state index in [-0.39, 0.29) is 15.5 Å². The maximum absolute atomic E-state index is 12.0. The van der Waals surface area contributed by atoms with Crippen molar-refractivity contribution in [2.75, 3.05) is 6.54 Å². The van der Waals surface area contributed by atoms with Gasteiger partial charge in [0.2, 0.25) is 12.3 Å². The molecule has 1 atom stereocenters. The third kappa shape index (κ3) is 2.19. The molecule has 1 unspecified atom stereocenters. The molecular formula is C11H20N2O2S. The molecule has 1 aliphatic heterocycles. The number of nitrogens with zero attached hydrogens (tertiary/aromatic N) is 1. The van der Waals surface area contributed by atoms with Gasteiger partial charge in [-0.2, -0.15) is 0 Å². The number of rotatable bonds is 3. The summed E-state index contributed by atoms with van der Waals surface area (Å²) < 4.78 is -0.260. The van der Waals surface area contributed by atoms with Gasteiger partial charge in [-0.25, -0.2) is 0 Å². The van der Waals surface area contributed by atoms with Crippen LogP contribution in [0.4, 0.5) is 0 Å². The van der Waals surface area contributed by atoms with Crippen molar-refractivity contribution in [3.05, 3.63) is 0 Å². The molecule has 0 radical (unpaired) electrons. The van der Waals surface area contributed by atoms with Crippen molar-refractivity contribution in [2.45, 2.75) is 50.3 Å². The van der Waals surface area contributed by atoms with Gasteiger partial charge in [0.15, 0.2) is 0 Å². The average Bonchev–Trinajstić information content (AvgIpc) is 2.29. The molecule has 1 heterocycles. The molecule has 0 aromatic rings. The van der Waals surface area contributed by atoms with Crippen molar-refractivity contribution in [3.8, 4) is 0 Å². The Morgan fingerprint density at radius 2 is 2.00 bits per heavy atom. The van der Waals surface area contributed by atoms with E-state index in [4.69, 9.17) is 0 Å². The molecule has 1 N–H and O–H groups in total. The minimum Gasteiger partial charge on any atom is -0.355 e. The first-order valence-corrected chi connectivity index (χ1v) is 6.29. The van der Waals surface area contributed by atoms with Crippen LogP contribution in [0.2, 0.25) is 0 Å². The monoisotopic (exact) mass is 244 g/mol. The zero-order valence-corrected chi connectivity index (χ0v) is 11.4. The molecular weight excluding hydrogens is 224 g/mol. The molecule has 2 amide bonds. The zero-order valence-electron chi connectivity index (χ0n) is 10.5. The van der Waals surface area contributed by atoms with Gasteiger partial charge >= 0.3 is 0 Å². The molecule has 92 valence electrons. The summed E-state index contributed by atoms with van der Waals surface area (Å²) in [6, 6.07) is -0.398. The molecule has 0 aliphatic carbocycles. The standard InChI is InChI=1S/C11H20N2O2S/c1-6-12-9(15)8-10(2,3)16-11(4,5)13(8)7-14/h7-8H,6H2,1-5H3,(H,12,15). The van der Waals surface area contributed by atoms with Gasteiger partial charge in [0, 0.05) is 11.3 Å². The van der Waals surface area contributed by atoms with Crippen molar-refractivity contribution < 1.29 is 9.59 Å². The fraction of sp³-hybridized carbons (Fsp3) is 0.818. The van der Waals surface area contributed by atoms with Crippen LogP contribution in [-0.2, 0) is 9.59 Å². The first-order valence-electron chi connectivity index (χ1n) is 5.48. The van der Waals surface area contributed by atoms with Crippen LogP contribution in [0, 0.1) is 0 Å². The summed E-state index contributed by atoms with van der Waals surface area (Å²) in [6.07, 6.45) is 0.779. The highest BCUT2D eigenvalue weighted by Gasteiger charge is 2.54. The topological polar surface area (TPSA) is 49.4 Å². The summed E-state index contributed by atoms with van der Waals surface area (Å²) in [7, 11) is 0. The largest absolute Gasteiger partial charge is 0.355 e. The molecule has 0 bridgehead atoms. The van der Waals surface area contributed by atoms with Crippen molar-refractivity contribution in [2.24, 2.45) is 0 Å². The molecule has 16 heavy (non-hydrogen) atoms. The van der Waals surface area contributed by atoms with Gasteiger partial charge < -0.3 is 10.2 Å². The van der Waals surface area contributed by atoms with E-state index >= 15 is 0 Å². The summed E-state index contributed by atoms with van der Waals surface area (Å²) in [5.74, 6) is -0.0716. The lowest BCUT2D eigenvalue weighted by Gasteiger charge is -2.31. The minimum absolute atomic E-state index is 0.0716. The van der Waals surface area contributed by atoms with Crippen LogP contribution in [-0.4, -0.2) is 39.4 Å². The highest BCUT2D eigenvalue weighted by Crippen LogP contribution is 2.49. The third-order valence-corrected chi connectivity index (χ3v) is 4.24. The first-order chi connectivity index (χ1) is 7.26. The fourth-order valence-corrected chi connectivity index (χ4v) is 4.17. The summed E-state index contributed by atoms with van der Waals surface area (Å²) in [6.45, 7) is 10.4. The molecule has 5 heteroatoms. The predicted molar refractivity (Wildman–Crippen MR) is 66.1 cm³/mol. The Morgan fingerprint density at radius 3 is 2.44 bits per heavy atom. The van der Waals surface area contributed by atoms with Gasteiger partial charge in [-0.15, -0.1) is 11.8 Å². The maximum atomic E-state index is 12.0. The van der Waals surface area contributed by atoms with E-state index in [1.807, 2.05) is 34.6 Å². The SMILES string of the molecule is CCNC(=O)C1N(C=O)C(C)(C)SC1(C)C. The summed E-state index contributed by atoms with van der Waals surface area (Å²) in [5.41, 5.74) is 0. The summed E-state index contributed by atoms with van der Waals surface area (Å²) in [4.78, 5) is 24.4. The Bertz CT molecular complexity index is 302. The fourth-order valence-electron chi connectivity index (χ4n) is 2.30. The van der Waals surface area contributed by atoms with E-state index in [0.29, 0.717) is 6.54 Å². The van der Waals surface area contributed by atoms with Crippen LogP contribution in [0.25, 0.3) is 0 Å². The van der Waals surface area contributed by atoms with E-state index in [0.717, 1.165) is 6.41 Å². The summed E-state index contributed by atoms with van der Waals surface area (Å²) in [5, 5.41) is 2.79. The van der Waals surface area contributed by atoms with E-state index in [1.165, 1.54) is 0 Å². The van der Waals surface area contributed by atoms with Crippen LogP contribution >= 0.6 is 11.8 Å². The first kappa shape index (κ1) is 13.4. The normalized spacial score (nSPS) is 26.6. The number of amides is 2. The number of thioether (sulfide) groups is 1. The number of likely N-dealkylation sites (N-methyl/N-ethyl adjacent to an activating group) is 1. The Balaban J connectivity index is 3.03. The Kier molecular flexibility index (Phi) is 3.57. The molecule has 1 rings (SSSR count). The molecule has 0 saturated carbocycles. The molecule has 1 saturated heterocycles. The Hall–Kier alpha value is -0.710. The lowest BCUT2D eigenvalue weighted by Crippen LogP contribution is -2.53. The quantitative estimate of drug-likeness (QED) is 0.759. The van der Waals surface area contributed by atoms with Gasteiger partial charge in [0.05, 0.1) is 4.87 Å². The number of carbonyl (C=O) groups is 2. The van der Waals surface area contributed by atoms with Crippen molar-refractivity contribution >= 4 is 24.1 Å². The molecule has 0 aromatic heterocycles. The van der Waals surface area contributed by atoms with Crippen LogP contribution < -0.4 is 5.32 Å². The smallest absolute Gasteiger partial charge is 0.244 e. The number of carbonyl (C=O) groups excluding carboxylic acids is 2. The second-order valence-electron chi connectivity index (χ2n) is 4.96. The van der Waals surface area contributed by atoms with Crippen LogP contribution in [0.5, 0.6) is 0 Å². The number of hydrogen-bond donors (Lipinski definition) is 1. The van der Waals surface area contributed by atoms with Crippen LogP contribution in [0.3, 0.4) is 0 Å². The van der Waals surface area contributed by atoms with Gasteiger partial charge in [-0.3, -0.25) is 9.59 Å². The molecule has 1 aliphatic rings. The van der Waals surface area contributed by atoms with Gasteiger partial charge in [0.25, 0.3) is 0 Å². The highest BCUT2D eigenvalue weighted by atomic mass is 32.2. The molecule has 0 aromatic carbocycles. The lowest BCUT2D eigenvalue weighted by atomic mass is 10.0. The second-order valence-corrected chi connectivity index (χ2v) is 7.22. The van der Waals surface area contributed by atoms with E-state index < -0.39 is 6.04 Å². The molecule has 0 spiro atoms. The van der Waals surface area contributed by atoms with E-state index in [1.54, 1.807) is 16.7 Å². The lowest BCUT2D eigenvalue weighted by molar-refractivity contribution is -0.135. The van der Waals surface area contributed by atoms with Crippen LogP contribution in [0.15, 0.2) is 0 Å². The predicted octanol–water partition coefficient (Wildman–Crippen LogP) is 1.21. The van der Waals surface area contributed by atoms with Crippen molar-refractivity contribution in [3.63, 3.8) is 0 Å². The molecule has 4 nitrogen and oxygen atoms in total. The summed E-state index contributed by atoms with van der Waals surface area (Å²) >= 11 is 1.65. The van der Waals surface area contributed by atoms with Gasteiger partial charge in [0.1, 0.15) is 6.04 Å². The minimum atomic E-state index is -0.398. The van der Waals surface area contributed by atoms with Gasteiger partial charge in [-0.05, 0) is 34.6 Å². The third-order valence-electron chi connectivity index (χ3n) is 2.78. The Labute approximate surface area is 101 Å². The Morgan fingerprint density at radius 1 is 1.44 bits per heavy atom. The zero-order chi connectivity index (χ0) is 12.6. The number of nitrogens with one attached hydrogen (secondary N) is 1. The van der Waals surface area contributed by atoms with E-state index in [9.17, 15) is 9.59 Å². The highest BCUT2D eigenvalue weighted by molar-refractivity contribution is 8.02. The second kappa shape index (κ2) is 4.28. The average molecular weight is 244 g/mol. The maximum Gasteiger partial charge on any atom is 0.244 e. The number of hydrogen-bond acceptors (Lipinski definition) is 3. The van der Waals surface area contributed by atoms with Crippen LogP contribution in [0.1, 0.15) is 34.6 Å².